The fourth-order valence-corrected chi connectivity index (χ4v) is 3.78. The molecule has 0 radical (unpaired) electrons. The summed E-state index contributed by atoms with van der Waals surface area (Å²) in [6, 6.07) is -0.150. The summed E-state index contributed by atoms with van der Waals surface area (Å²) < 4.78 is 0. The molecule has 3 rings (SSSR count). The molecule has 0 heterocycles. The summed E-state index contributed by atoms with van der Waals surface area (Å²) in [6.45, 7) is 6.49. The predicted octanol–water partition coefficient (Wildman–Crippen LogP) is 1.75. The van der Waals surface area contributed by atoms with E-state index in [4.69, 9.17) is 10.8 Å². The van der Waals surface area contributed by atoms with Crippen LogP contribution in [0, 0.1) is 29.1 Å². The van der Waals surface area contributed by atoms with Gasteiger partial charge in [0.05, 0.1) is 5.92 Å². The van der Waals surface area contributed by atoms with Gasteiger partial charge in [0.1, 0.15) is 0 Å². The molecule has 3 saturated carbocycles. The molecule has 2 bridgehead atoms. The molecule has 0 saturated heterocycles. The Morgan fingerprint density at radius 3 is 2.27 bits per heavy atom. The third-order valence-corrected chi connectivity index (χ3v) is 4.78. The minimum atomic E-state index is -0.713. The Kier molecular flexibility index (Phi) is 3.10. The summed E-state index contributed by atoms with van der Waals surface area (Å²) in [4.78, 5) is 11.1. The first-order valence-corrected chi connectivity index (χ1v) is 5.35. The first-order chi connectivity index (χ1) is 6.37. The maximum Gasteiger partial charge on any atom is 0.308 e. The number of carboxylic acid groups (broad SMARTS) is 1. The molecule has 4 heteroatoms. The van der Waals surface area contributed by atoms with Gasteiger partial charge in [-0.25, -0.2) is 0 Å². The highest BCUT2D eigenvalue weighted by Crippen LogP contribution is 2.62. The minimum absolute atomic E-state index is 0. The molecule has 3 fully saturated rings. The van der Waals surface area contributed by atoms with Crippen LogP contribution >= 0.6 is 12.4 Å². The summed E-state index contributed by atoms with van der Waals surface area (Å²) >= 11 is 0. The number of hydrogen-bond acceptors (Lipinski definition) is 2. The average Bonchev–Trinajstić information content (AvgIpc) is 2.00. The average molecular weight is 234 g/mol. The SMILES string of the molecule is C[C@H]1[C@H](C(=O)O)[C@H](N)[C@@H]2C[C@H]1C2(C)C.Cl. The lowest BCUT2D eigenvalue weighted by Gasteiger charge is -2.63. The predicted molar refractivity (Wildman–Crippen MR) is 60.9 cm³/mol. The molecule has 0 aromatic rings. The number of carboxylic acids is 1. The van der Waals surface area contributed by atoms with Gasteiger partial charge in [-0.15, -0.1) is 12.4 Å². The van der Waals surface area contributed by atoms with Crippen molar-refractivity contribution < 1.29 is 9.90 Å². The first-order valence-electron chi connectivity index (χ1n) is 5.35. The number of nitrogens with two attached hydrogens (primary N) is 1. The van der Waals surface area contributed by atoms with Crippen LogP contribution in [0.2, 0.25) is 0 Å². The Morgan fingerprint density at radius 2 is 1.93 bits per heavy atom. The number of halogens is 1. The van der Waals surface area contributed by atoms with E-state index >= 15 is 0 Å². The summed E-state index contributed by atoms with van der Waals surface area (Å²) in [6.07, 6.45) is 1.12. The third kappa shape index (κ3) is 1.48. The highest BCUT2D eigenvalue weighted by Gasteiger charge is 2.61. The van der Waals surface area contributed by atoms with Gasteiger partial charge in [0.2, 0.25) is 0 Å². The van der Waals surface area contributed by atoms with Crippen LogP contribution in [0.3, 0.4) is 0 Å². The summed E-state index contributed by atoms with van der Waals surface area (Å²) in [5, 5.41) is 9.11. The lowest BCUT2D eigenvalue weighted by molar-refractivity contribution is -0.173. The molecule has 0 aromatic heterocycles. The van der Waals surface area contributed by atoms with Crippen LogP contribution in [0.5, 0.6) is 0 Å². The molecule has 0 aromatic carbocycles. The Balaban J connectivity index is 0.00000112. The van der Waals surface area contributed by atoms with Crippen molar-refractivity contribution in [2.75, 3.05) is 0 Å². The zero-order chi connectivity index (χ0) is 10.7. The van der Waals surface area contributed by atoms with Crippen molar-refractivity contribution in [1.29, 1.82) is 0 Å². The molecule has 0 spiro atoms. The molecular weight excluding hydrogens is 214 g/mol. The van der Waals surface area contributed by atoms with E-state index in [1.807, 2.05) is 6.92 Å². The number of carbonyl (C=O) groups is 1. The summed E-state index contributed by atoms with van der Waals surface area (Å²) in [7, 11) is 0. The monoisotopic (exact) mass is 233 g/mol. The molecule has 5 atom stereocenters. The van der Waals surface area contributed by atoms with Gasteiger partial charge in [-0.05, 0) is 29.6 Å². The Labute approximate surface area is 96.8 Å². The van der Waals surface area contributed by atoms with Gasteiger partial charge in [0.25, 0.3) is 0 Å². The molecule has 0 amide bonds. The van der Waals surface area contributed by atoms with E-state index in [0.29, 0.717) is 11.8 Å². The molecule has 15 heavy (non-hydrogen) atoms. The second-order valence-corrected chi connectivity index (χ2v) is 5.57. The smallest absolute Gasteiger partial charge is 0.308 e. The number of aliphatic carboxylic acids is 1. The van der Waals surface area contributed by atoms with E-state index in [9.17, 15) is 4.79 Å². The standard InChI is InChI=1S/C11H19NO2.ClH/c1-5-6-4-7(11(6,2)3)9(12)8(5)10(13)14;/h5-9H,4,12H2,1-3H3,(H,13,14);1H/t5-,6-,7+,8+,9-;/m1./s1. The minimum Gasteiger partial charge on any atom is -0.481 e. The van der Waals surface area contributed by atoms with Gasteiger partial charge in [-0.3, -0.25) is 4.79 Å². The van der Waals surface area contributed by atoms with Crippen molar-refractivity contribution in [3.05, 3.63) is 0 Å². The molecule has 3 nitrogen and oxygen atoms in total. The van der Waals surface area contributed by atoms with Gasteiger partial charge in [0.15, 0.2) is 0 Å². The Hall–Kier alpha value is -0.280. The zero-order valence-corrected chi connectivity index (χ0v) is 10.3. The van der Waals surface area contributed by atoms with Crippen LogP contribution in [-0.2, 0) is 4.79 Å². The normalized spacial score (nSPS) is 46.3. The highest BCUT2D eigenvalue weighted by atomic mass is 35.5. The summed E-state index contributed by atoms with van der Waals surface area (Å²) in [5.41, 5.74) is 6.30. The van der Waals surface area contributed by atoms with Crippen molar-refractivity contribution in [3.8, 4) is 0 Å². The first kappa shape index (κ1) is 12.8. The molecule has 0 unspecified atom stereocenters. The van der Waals surface area contributed by atoms with Crippen molar-refractivity contribution in [2.45, 2.75) is 33.2 Å². The second-order valence-electron chi connectivity index (χ2n) is 5.57. The van der Waals surface area contributed by atoms with E-state index in [2.05, 4.69) is 13.8 Å². The van der Waals surface area contributed by atoms with Crippen molar-refractivity contribution in [3.63, 3.8) is 0 Å². The molecule has 88 valence electrons. The highest BCUT2D eigenvalue weighted by molar-refractivity contribution is 5.85. The van der Waals surface area contributed by atoms with Crippen LogP contribution in [0.15, 0.2) is 0 Å². The lowest BCUT2D eigenvalue weighted by Crippen LogP contribution is -2.66. The largest absolute Gasteiger partial charge is 0.481 e. The quantitative estimate of drug-likeness (QED) is 0.725. The Morgan fingerprint density at radius 1 is 1.40 bits per heavy atom. The van der Waals surface area contributed by atoms with Crippen LogP contribution in [0.4, 0.5) is 0 Å². The molecule has 0 aliphatic heterocycles. The number of hydrogen-bond donors (Lipinski definition) is 2. The van der Waals surface area contributed by atoms with E-state index in [0.717, 1.165) is 6.42 Å². The van der Waals surface area contributed by atoms with Gasteiger partial charge in [0, 0.05) is 6.04 Å². The Bertz CT molecular complexity index is 262. The maximum absolute atomic E-state index is 11.1. The van der Waals surface area contributed by atoms with Crippen molar-refractivity contribution >= 4 is 18.4 Å². The molecule has 3 N–H and O–H groups in total. The van der Waals surface area contributed by atoms with Crippen LogP contribution in [-0.4, -0.2) is 17.1 Å². The van der Waals surface area contributed by atoms with E-state index in [1.165, 1.54) is 0 Å². The zero-order valence-electron chi connectivity index (χ0n) is 9.43. The molecule has 3 aliphatic carbocycles. The lowest BCUT2D eigenvalue weighted by atomic mass is 9.42. The van der Waals surface area contributed by atoms with Crippen molar-refractivity contribution in [2.24, 2.45) is 34.8 Å². The van der Waals surface area contributed by atoms with E-state index in [-0.39, 0.29) is 35.7 Å². The van der Waals surface area contributed by atoms with Gasteiger partial charge in [-0.2, -0.15) is 0 Å². The van der Waals surface area contributed by atoms with Gasteiger partial charge in [-0.1, -0.05) is 20.8 Å². The molecular formula is C11H20ClNO2. The molecule has 3 aliphatic rings. The fraction of sp³-hybridized carbons (Fsp3) is 0.909. The van der Waals surface area contributed by atoms with Gasteiger partial charge >= 0.3 is 5.97 Å². The van der Waals surface area contributed by atoms with Crippen LogP contribution < -0.4 is 5.73 Å². The number of rotatable bonds is 1. The fourth-order valence-electron chi connectivity index (χ4n) is 3.78. The topological polar surface area (TPSA) is 63.3 Å². The summed E-state index contributed by atoms with van der Waals surface area (Å²) in [5.74, 6) is 0.141. The van der Waals surface area contributed by atoms with E-state index < -0.39 is 5.97 Å². The van der Waals surface area contributed by atoms with Crippen molar-refractivity contribution in [1.82, 2.24) is 0 Å². The third-order valence-electron chi connectivity index (χ3n) is 4.78. The van der Waals surface area contributed by atoms with Crippen LogP contribution in [0.25, 0.3) is 0 Å². The number of fused-ring (bicyclic) bond motifs is 2. The second kappa shape index (κ2) is 3.63. The maximum atomic E-state index is 11.1. The van der Waals surface area contributed by atoms with Crippen LogP contribution in [0.1, 0.15) is 27.2 Å². The van der Waals surface area contributed by atoms with Gasteiger partial charge < -0.3 is 10.8 Å². The van der Waals surface area contributed by atoms with E-state index in [1.54, 1.807) is 0 Å².